The Bertz CT molecular complexity index is 974. The number of rotatable bonds is 5. The van der Waals surface area contributed by atoms with Gasteiger partial charge in [0.1, 0.15) is 17.3 Å². The van der Waals surface area contributed by atoms with E-state index in [1.807, 2.05) is 38.1 Å². The van der Waals surface area contributed by atoms with Crippen LogP contribution in [0.5, 0.6) is 5.75 Å². The molecule has 0 unspecified atom stereocenters. The van der Waals surface area contributed by atoms with Gasteiger partial charge >= 0.3 is 0 Å². The third-order valence-corrected chi connectivity index (χ3v) is 4.31. The number of amides is 1. The third-order valence-electron chi connectivity index (χ3n) is 3.90. The lowest BCUT2D eigenvalue weighted by Gasteiger charge is -2.12. The molecule has 0 aliphatic heterocycles. The zero-order valence-electron chi connectivity index (χ0n) is 15.2. The second kappa shape index (κ2) is 8.05. The minimum atomic E-state index is -0.385. The molecule has 0 bridgehead atoms. The molecule has 27 heavy (non-hydrogen) atoms. The summed E-state index contributed by atoms with van der Waals surface area (Å²) in [6.45, 7) is 3.86. The molecule has 138 valence electrons. The molecule has 3 aromatic rings. The molecule has 2 aromatic carbocycles. The van der Waals surface area contributed by atoms with Crippen molar-refractivity contribution in [3.8, 4) is 5.75 Å². The lowest BCUT2D eigenvalue weighted by atomic mass is 10.2. The molecule has 1 aromatic heterocycles. The van der Waals surface area contributed by atoms with Crippen molar-refractivity contribution in [2.24, 2.45) is 0 Å². The molecule has 0 atom stereocenters. The van der Waals surface area contributed by atoms with Crippen molar-refractivity contribution in [1.82, 2.24) is 9.97 Å². The summed E-state index contributed by atoms with van der Waals surface area (Å²) in [4.78, 5) is 20.9. The highest BCUT2D eigenvalue weighted by molar-refractivity contribution is 6.31. The SMILES string of the molecule is COc1cc(Cl)c(C)cc1NC(=O)c1cnc(Nc2cccc(C)c2)cn1. The molecule has 2 N–H and O–H groups in total. The third kappa shape index (κ3) is 4.54. The minimum absolute atomic E-state index is 0.194. The predicted molar refractivity (Wildman–Crippen MR) is 107 cm³/mol. The Morgan fingerprint density at radius 3 is 2.59 bits per heavy atom. The summed E-state index contributed by atoms with van der Waals surface area (Å²) in [7, 11) is 1.52. The number of ether oxygens (including phenoxy) is 1. The topological polar surface area (TPSA) is 76.1 Å². The first kappa shape index (κ1) is 18.7. The molecule has 3 rings (SSSR count). The van der Waals surface area contributed by atoms with E-state index in [1.54, 1.807) is 12.1 Å². The molecule has 0 aliphatic carbocycles. The van der Waals surface area contributed by atoms with E-state index < -0.39 is 0 Å². The van der Waals surface area contributed by atoms with E-state index >= 15 is 0 Å². The Morgan fingerprint density at radius 1 is 1.11 bits per heavy atom. The largest absolute Gasteiger partial charge is 0.495 e. The van der Waals surface area contributed by atoms with Gasteiger partial charge in [0.05, 0.1) is 25.2 Å². The summed E-state index contributed by atoms with van der Waals surface area (Å²) in [5.74, 6) is 0.645. The van der Waals surface area contributed by atoms with Gasteiger partial charge in [-0.1, -0.05) is 23.7 Å². The number of aromatic nitrogens is 2. The van der Waals surface area contributed by atoms with E-state index in [0.717, 1.165) is 16.8 Å². The zero-order chi connectivity index (χ0) is 19.4. The second-order valence-corrected chi connectivity index (χ2v) is 6.44. The number of halogens is 1. The van der Waals surface area contributed by atoms with Gasteiger partial charge in [-0.05, 0) is 43.2 Å². The van der Waals surface area contributed by atoms with Crippen LogP contribution in [-0.4, -0.2) is 23.0 Å². The maximum Gasteiger partial charge on any atom is 0.275 e. The lowest BCUT2D eigenvalue weighted by molar-refractivity contribution is 0.102. The van der Waals surface area contributed by atoms with Crippen LogP contribution in [0.25, 0.3) is 0 Å². The fourth-order valence-corrected chi connectivity index (χ4v) is 2.65. The number of nitrogens with one attached hydrogen (secondary N) is 2. The van der Waals surface area contributed by atoms with Crippen LogP contribution in [0.1, 0.15) is 21.6 Å². The van der Waals surface area contributed by atoms with Crippen molar-refractivity contribution in [2.45, 2.75) is 13.8 Å². The van der Waals surface area contributed by atoms with Gasteiger partial charge < -0.3 is 15.4 Å². The van der Waals surface area contributed by atoms with Crippen molar-refractivity contribution in [3.63, 3.8) is 0 Å². The van der Waals surface area contributed by atoms with E-state index in [4.69, 9.17) is 16.3 Å². The number of benzene rings is 2. The van der Waals surface area contributed by atoms with Gasteiger partial charge in [-0.25, -0.2) is 9.97 Å². The maximum atomic E-state index is 12.5. The maximum absolute atomic E-state index is 12.5. The van der Waals surface area contributed by atoms with Gasteiger partial charge in [-0.15, -0.1) is 0 Å². The number of hydrogen-bond donors (Lipinski definition) is 2. The van der Waals surface area contributed by atoms with Gasteiger partial charge in [0.15, 0.2) is 0 Å². The highest BCUT2D eigenvalue weighted by atomic mass is 35.5. The van der Waals surface area contributed by atoms with Crippen LogP contribution in [0.3, 0.4) is 0 Å². The standard InChI is InChI=1S/C20H19ClN4O2/c1-12-5-4-6-14(7-12)24-19-11-22-17(10-23-19)20(26)25-16-8-13(2)15(21)9-18(16)27-3/h4-11H,1-3H3,(H,23,24)(H,25,26). The minimum Gasteiger partial charge on any atom is -0.495 e. The van der Waals surface area contributed by atoms with Crippen molar-refractivity contribution < 1.29 is 9.53 Å². The quantitative estimate of drug-likeness (QED) is 0.665. The molecule has 0 fully saturated rings. The molecule has 0 saturated heterocycles. The van der Waals surface area contributed by atoms with Crippen LogP contribution < -0.4 is 15.4 Å². The monoisotopic (exact) mass is 382 g/mol. The first-order valence-electron chi connectivity index (χ1n) is 8.27. The summed E-state index contributed by atoms with van der Waals surface area (Å²) in [5.41, 5.74) is 3.59. The Labute approximate surface area is 162 Å². The van der Waals surface area contributed by atoms with E-state index in [2.05, 4.69) is 20.6 Å². The van der Waals surface area contributed by atoms with Crippen molar-refractivity contribution in [2.75, 3.05) is 17.7 Å². The molecule has 7 heteroatoms. The summed E-state index contributed by atoms with van der Waals surface area (Å²) >= 11 is 6.09. The van der Waals surface area contributed by atoms with E-state index in [9.17, 15) is 4.79 Å². The molecule has 6 nitrogen and oxygen atoms in total. The van der Waals surface area contributed by atoms with E-state index in [1.165, 1.54) is 19.5 Å². The van der Waals surface area contributed by atoms with Crippen molar-refractivity contribution >= 4 is 34.7 Å². The first-order chi connectivity index (χ1) is 13.0. The fourth-order valence-electron chi connectivity index (χ4n) is 2.50. The fraction of sp³-hybridized carbons (Fsp3) is 0.150. The van der Waals surface area contributed by atoms with Gasteiger partial charge in [-0.2, -0.15) is 0 Å². The van der Waals surface area contributed by atoms with Crippen LogP contribution >= 0.6 is 11.6 Å². The van der Waals surface area contributed by atoms with E-state index in [-0.39, 0.29) is 11.6 Å². The van der Waals surface area contributed by atoms with Crippen molar-refractivity contribution in [3.05, 3.63) is 70.6 Å². The zero-order valence-corrected chi connectivity index (χ0v) is 16.0. The van der Waals surface area contributed by atoms with Crippen LogP contribution in [0.2, 0.25) is 5.02 Å². The number of hydrogen-bond acceptors (Lipinski definition) is 5. The van der Waals surface area contributed by atoms with Crippen LogP contribution in [-0.2, 0) is 0 Å². The number of carbonyl (C=O) groups excluding carboxylic acids is 1. The Kier molecular flexibility index (Phi) is 5.57. The Balaban J connectivity index is 1.73. The molecular weight excluding hydrogens is 364 g/mol. The summed E-state index contributed by atoms with van der Waals surface area (Å²) in [5, 5.41) is 6.50. The summed E-state index contributed by atoms with van der Waals surface area (Å²) < 4.78 is 5.27. The smallest absolute Gasteiger partial charge is 0.275 e. The van der Waals surface area contributed by atoms with Gasteiger partial charge in [0, 0.05) is 16.8 Å². The molecular formula is C20H19ClN4O2. The molecule has 1 amide bonds. The molecule has 1 heterocycles. The Hall–Kier alpha value is -3.12. The molecule has 0 radical (unpaired) electrons. The Morgan fingerprint density at radius 2 is 1.93 bits per heavy atom. The van der Waals surface area contributed by atoms with Crippen molar-refractivity contribution in [1.29, 1.82) is 0 Å². The highest BCUT2D eigenvalue weighted by Gasteiger charge is 2.13. The lowest BCUT2D eigenvalue weighted by Crippen LogP contribution is -2.15. The number of methoxy groups -OCH3 is 1. The molecule has 0 saturated carbocycles. The number of nitrogens with zero attached hydrogens (tertiary/aromatic N) is 2. The van der Waals surface area contributed by atoms with Gasteiger partial charge in [0.2, 0.25) is 0 Å². The number of anilines is 3. The van der Waals surface area contributed by atoms with Crippen LogP contribution in [0.4, 0.5) is 17.2 Å². The van der Waals surface area contributed by atoms with E-state index in [0.29, 0.717) is 22.3 Å². The average Bonchev–Trinajstić information content (AvgIpc) is 2.65. The van der Waals surface area contributed by atoms with Crippen LogP contribution in [0, 0.1) is 13.8 Å². The number of carbonyl (C=O) groups is 1. The summed E-state index contributed by atoms with van der Waals surface area (Å²) in [6.07, 6.45) is 2.93. The summed E-state index contributed by atoms with van der Waals surface area (Å²) in [6, 6.07) is 11.3. The number of aryl methyl sites for hydroxylation is 2. The normalized spacial score (nSPS) is 10.4. The second-order valence-electron chi connectivity index (χ2n) is 6.04. The first-order valence-corrected chi connectivity index (χ1v) is 8.65. The van der Waals surface area contributed by atoms with Gasteiger partial charge in [-0.3, -0.25) is 4.79 Å². The average molecular weight is 383 g/mol. The molecule has 0 spiro atoms. The van der Waals surface area contributed by atoms with Gasteiger partial charge in [0.25, 0.3) is 5.91 Å². The molecule has 0 aliphatic rings. The highest BCUT2D eigenvalue weighted by Crippen LogP contribution is 2.31. The predicted octanol–water partition coefficient (Wildman–Crippen LogP) is 4.75. The van der Waals surface area contributed by atoms with Crippen LogP contribution in [0.15, 0.2) is 48.8 Å².